The highest BCUT2D eigenvalue weighted by Crippen LogP contribution is 2.27. The molecule has 1 heterocycles. The second-order valence-corrected chi connectivity index (χ2v) is 6.52. The Kier molecular flexibility index (Phi) is 4.73. The van der Waals surface area contributed by atoms with Crippen LogP contribution < -0.4 is 10.6 Å². The van der Waals surface area contributed by atoms with Gasteiger partial charge in [-0.2, -0.15) is 0 Å². The van der Waals surface area contributed by atoms with E-state index in [0.29, 0.717) is 5.56 Å². The van der Waals surface area contributed by atoms with Gasteiger partial charge >= 0.3 is 0 Å². The van der Waals surface area contributed by atoms with Crippen LogP contribution in [0.3, 0.4) is 0 Å². The minimum absolute atomic E-state index is 0.149. The molecule has 0 unspecified atom stereocenters. The van der Waals surface area contributed by atoms with Crippen LogP contribution >= 0.6 is 27.3 Å². The molecule has 0 spiro atoms. The van der Waals surface area contributed by atoms with Gasteiger partial charge in [0.2, 0.25) is 0 Å². The summed E-state index contributed by atoms with van der Waals surface area (Å²) < 4.78 is 0.770. The molecule has 0 aliphatic rings. The lowest BCUT2D eigenvalue weighted by Gasteiger charge is -2.08. The molecule has 0 radical (unpaired) electrons. The molecule has 0 aliphatic carbocycles. The first kappa shape index (κ1) is 15.7. The third-order valence-electron chi connectivity index (χ3n) is 3.25. The van der Waals surface area contributed by atoms with Gasteiger partial charge in [-0.25, -0.2) is 4.98 Å². The smallest absolute Gasteiger partial charge is 0.256 e. The number of nitrogens with one attached hydrogen (secondary N) is 2. The quantitative estimate of drug-likeness (QED) is 0.671. The maximum Gasteiger partial charge on any atom is 0.256 e. The molecule has 0 saturated heterocycles. The first-order chi connectivity index (χ1) is 11.2. The number of halogens is 1. The van der Waals surface area contributed by atoms with Crippen molar-refractivity contribution >= 4 is 44.0 Å². The maximum absolute atomic E-state index is 12.4. The molecule has 4 nitrogen and oxygen atoms in total. The van der Waals surface area contributed by atoms with Crippen LogP contribution in [0.4, 0.5) is 10.8 Å². The zero-order valence-corrected chi connectivity index (χ0v) is 14.7. The van der Waals surface area contributed by atoms with E-state index in [1.54, 1.807) is 17.4 Å². The van der Waals surface area contributed by atoms with Gasteiger partial charge in [0.25, 0.3) is 5.91 Å². The van der Waals surface area contributed by atoms with Crippen molar-refractivity contribution in [1.29, 1.82) is 0 Å². The fourth-order valence-electron chi connectivity index (χ4n) is 2.12. The van der Waals surface area contributed by atoms with Crippen LogP contribution in [0.1, 0.15) is 10.4 Å². The Bertz CT molecular complexity index is 847. The lowest BCUT2D eigenvalue weighted by Crippen LogP contribution is -2.12. The Hall–Kier alpha value is -2.18. The summed E-state index contributed by atoms with van der Waals surface area (Å²) in [6, 6.07) is 15.0. The van der Waals surface area contributed by atoms with Crippen LogP contribution in [0.5, 0.6) is 0 Å². The lowest BCUT2D eigenvalue weighted by atomic mass is 10.1. The van der Waals surface area contributed by atoms with Crippen LogP contribution in [0.25, 0.3) is 11.3 Å². The Morgan fingerprint density at radius 3 is 2.74 bits per heavy atom. The second kappa shape index (κ2) is 6.93. The Balaban J connectivity index is 1.83. The summed E-state index contributed by atoms with van der Waals surface area (Å²) in [6.45, 7) is 0. The predicted octanol–water partition coefficient (Wildman–Crippen LogP) is 4.87. The van der Waals surface area contributed by atoms with E-state index in [1.807, 2.05) is 54.9 Å². The number of nitrogens with zero attached hydrogens (tertiary/aromatic N) is 1. The summed E-state index contributed by atoms with van der Waals surface area (Å²) in [5.74, 6) is -0.149. The number of hydrogen-bond acceptors (Lipinski definition) is 4. The Labute approximate surface area is 146 Å². The Morgan fingerprint density at radius 1 is 1.17 bits per heavy atom. The summed E-state index contributed by atoms with van der Waals surface area (Å²) in [6.07, 6.45) is 0. The van der Waals surface area contributed by atoms with Crippen molar-refractivity contribution in [2.45, 2.75) is 0 Å². The summed E-state index contributed by atoms with van der Waals surface area (Å²) in [4.78, 5) is 16.8. The largest absolute Gasteiger partial charge is 0.365 e. The highest BCUT2D eigenvalue weighted by atomic mass is 79.9. The molecule has 3 rings (SSSR count). The highest BCUT2D eigenvalue weighted by Gasteiger charge is 2.10. The zero-order valence-electron chi connectivity index (χ0n) is 12.3. The van der Waals surface area contributed by atoms with Crippen LogP contribution in [-0.2, 0) is 0 Å². The van der Waals surface area contributed by atoms with Crippen molar-refractivity contribution in [1.82, 2.24) is 4.98 Å². The van der Waals surface area contributed by atoms with E-state index in [2.05, 4.69) is 31.5 Å². The van der Waals surface area contributed by atoms with Gasteiger partial charge < -0.3 is 10.6 Å². The van der Waals surface area contributed by atoms with Gasteiger partial charge in [0, 0.05) is 28.2 Å². The van der Waals surface area contributed by atoms with Gasteiger partial charge in [-0.3, -0.25) is 4.79 Å². The molecule has 0 saturated carbocycles. The third-order valence-corrected chi connectivity index (χ3v) is 4.80. The molecule has 1 aromatic heterocycles. The molecule has 0 bridgehead atoms. The van der Waals surface area contributed by atoms with Crippen LogP contribution in [0.2, 0.25) is 0 Å². The average molecular weight is 388 g/mol. The van der Waals surface area contributed by atoms with Gasteiger partial charge in [-0.05, 0) is 40.2 Å². The van der Waals surface area contributed by atoms with Crippen molar-refractivity contribution in [3.8, 4) is 11.3 Å². The van der Waals surface area contributed by atoms with E-state index < -0.39 is 0 Å². The maximum atomic E-state index is 12.4. The van der Waals surface area contributed by atoms with Gasteiger partial charge in [-0.15, -0.1) is 11.3 Å². The fourth-order valence-corrected chi connectivity index (χ4v) is 3.27. The summed E-state index contributed by atoms with van der Waals surface area (Å²) in [5.41, 5.74) is 3.19. The third kappa shape index (κ3) is 3.60. The van der Waals surface area contributed by atoms with E-state index in [0.717, 1.165) is 26.5 Å². The highest BCUT2D eigenvalue weighted by molar-refractivity contribution is 9.10. The number of thiazole rings is 1. The molecule has 23 heavy (non-hydrogen) atoms. The van der Waals surface area contributed by atoms with Crippen molar-refractivity contribution < 1.29 is 4.79 Å². The van der Waals surface area contributed by atoms with E-state index in [4.69, 9.17) is 0 Å². The normalized spacial score (nSPS) is 10.3. The van der Waals surface area contributed by atoms with Crippen LogP contribution in [0.15, 0.2) is 58.4 Å². The molecule has 0 fully saturated rings. The van der Waals surface area contributed by atoms with E-state index >= 15 is 0 Å². The van der Waals surface area contributed by atoms with Crippen molar-refractivity contribution in [2.75, 3.05) is 17.7 Å². The summed E-state index contributed by atoms with van der Waals surface area (Å²) >= 11 is 4.94. The molecular formula is C17H14BrN3OS. The minimum Gasteiger partial charge on any atom is -0.365 e. The lowest BCUT2D eigenvalue weighted by molar-refractivity contribution is 0.102. The van der Waals surface area contributed by atoms with Gasteiger partial charge in [0.05, 0.1) is 11.3 Å². The second-order valence-electron chi connectivity index (χ2n) is 4.80. The predicted molar refractivity (Wildman–Crippen MR) is 99.2 cm³/mol. The molecule has 1 amide bonds. The minimum atomic E-state index is -0.149. The number of carbonyl (C=O) groups excluding carboxylic acids is 1. The summed E-state index contributed by atoms with van der Waals surface area (Å²) in [5, 5.41) is 8.80. The number of anilines is 2. The molecule has 116 valence electrons. The summed E-state index contributed by atoms with van der Waals surface area (Å²) in [7, 11) is 1.84. The standard InChI is InChI=1S/C17H14BrN3OS/c1-19-17-21-15(10-23-17)11-5-4-6-12(9-11)20-16(22)13-7-2-3-8-14(13)18/h2-10H,1H3,(H,19,21)(H,20,22). The molecule has 0 atom stereocenters. The SMILES string of the molecule is CNc1nc(-c2cccc(NC(=O)c3ccccc3Br)c2)cs1. The molecule has 0 aliphatic heterocycles. The van der Waals surface area contributed by atoms with E-state index in [9.17, 15) is 4.79 Å². The number of rotatable bonds is 4. The first-order valence-corrected chi connectivity index (χ1v) is 8.64. The van der Waals surface area contributed by atoms with Gasteiger partial charge in [-0.1, -0.05) is 24.3 Å². The van der Waals surface area contributed by atoms with E-state index in [-0.39, 0.29) is 5.91 Å². The number of carbonyl (C=O) groups is 1. The molecule has 3 aromatic rings. The molecule has 2 aromatic carbocycles. The van der Waals surface area contributed by atoms with Crippen molar-refractivity contribution in [3.63, 3.8) is 0 Å². The number of hydrogen-bond donors (Lipinski definition) is 2. The Morgan fingerprint density at radius 2 is 2.00 bits per heavy atom. The average Bonchev–Trinajstić information content (AvgIpc) is 3.04. The number of benzene rings is 2. The van der Waals surface area contributed by atoms with Crippen molar-refractivity contribution in [3.05, 3.63) is 63.9 Å². The first-order valence-electron chi connectivity index (χ1n) is 6.97. The van der Waals surface area contributed by atoms with Gasteiger partial charge in [0.15, 0.2) is 5.13 Å². The number of aromatic nitrogens is 1. The van der Waals surface area contributed by atoms with Crippen LogP contribution in [0, 0.1) is 0 Å². The molecular weight excluding hydrogens is 374 g/mol. The monoisotopic (exact) mass is 387 g/mol. The fraction of sp³-hybridized carbons (Fsp3) is 0.0588. The molecule has 6 heteroatoms. The van der Waals surface area contributed by atoms with Crippen molar-refractivity contribution in [2.24, 2.45) is 0 Å². The zero-order chi connectivity index (χ0) is 16.2. The van der Waals surface area contributed by atoms with E-state index in [1.165, 1.54) is 0 Å². The van der Waals surface area contributed by atoms with Crippen LogP contribution in [-0.4, -0.2) is 17.9 Å². The topological polar surface area (TPSA) is 54.0 Å². The molecule has 2 N–H and O–H groups in total. The number of amides is 1. The van der Waals surface area contributed by atoms with Gasteiger partial charge in [0.1, 0.15) is 0 Å².